The van der Waals surface area contributed by atoms with Crippen molar-refractivity contribution in [3.8, 4) is 11.3 Å². The van der Waals surface area contributed by atoms with Crippen molar-refractivity contribution in [2.45, 2.75) is 18.9 Å². The lowest BCUT2D eigenvalue weighted by molar-refractivity contribution is 0.585. The predicted molar refractivity (Wildman–Crippen MR) is 76.2 cm³/mol. The molecule has 0 bridgehead atoms. The summed E-state index contributed by atoms with van der Waals surface area (Å²) in [4.78, 5) is 0. The fraction of sp³-hybridized carbons (Fsp3) is 0.267. The zero-order chi connectivity index (χ0) is 13.4. The van der Waals surface area contributed by atoms with Gasteiger partial charge in [0.1, 0.15) is 0 Å². The molecule has 4 rings (SSSR count). The van der Waals surface area contributed by atoms with E-state index in [9.17, 15) is 0 Å². The van der Waals surface area contributed by atoms with Crippen LogP contribution in [-0.2, 0) is 0 Å². The van der Waals surface area contributed by atoms with Crippen LogP contribution in [0.5, 0.6) is 0 Å². The van der Waals surface area contributed by atoms with Crippen molar-refractivity contribution >= 4 is 5.65 Å². The summed E-state index contributed by atoms with van der Waals surface area (Å²) in [7, 11) is 0. The van der Waals surface area contributed by atoms with Crippen LogP contribution in [0.4, 0.5) is 0 Å². The van der Waals surface area contributed by atoms with E-state index in [-0.39, 0.29) is 6.04 Å². The van der Waals surface area contributed by atoms with Gasteiger partial charge in [-0.1, -0.05) is 30.3 Å². The molecule has 1 fully saturated rings. The van der Waals surface area contributed by atoms with E-state index in [0.717, 1.165) is 35.7 Å². The van der Waals surface area contributed by atoms with Gasteiger partial charge in [-0.3, -0.25) is 0 Å². The Bertz CT molecular complexity index is 728. The van der Waals surface area contributed by atoms with Crippen molar-refractivity contribution in [3.05, 3.63) is 48.3 Å². The van der Waals surface area contributed by atoms with Gasteiger partial charge in [0.15, 0.2) is 11.5 Å². The van der Waals surface area contributed by atoms with E-state index in [1.807, 2.05) is 34.8 Å². The lowest BCUT2D eigenvalue weighted by Gasteiger charge is -2.08. The van der Waals surface area contributed by atoms with E-state index in [1.54, 1.807) is 0 Å². The summed E-state index contributed by atoms with van der Waals surface area (Å²) in [6, 6.07) is 14.4. The van der Waals surface area contributed by atoms with Crippen LogP contribution in [0.3, 0.4) is 0 Å². The van der Waals surface area contributed by atoms with E-state index in [1.165, 1.54) is 6.42 Å². The monoisotopic (exact) mass is 265 g/mol. The van der Waals surface area contributed by atoms with Crippen LogP contribution in [0.25, 0.3) is 16.9 Å². The zero-order valence-corrected chi connectivity index (χ0v) is 11.0. The SMILES string of the molecule is c1ccc(-c2ccc3nnc([C@@H]4CCCN4)n3n2)cc1. The van der Waals surface area contributed by atoms with Gasteiger partial charge in [-0.2, -0.15) is 9.61 Å². The first-order valence-electron chi connectivity index (χ1n) is 6.93. The fourth-order valence-electron chi connectivity index (χ4n) is 2.69. The van der Waals surface area contributed by atoms with Gasteiger partial charge in [0.05, 0.1) is 11.7 Å². The molecule has 0 amide bonds. The van der Waals surface area contributed by atoms with E-state index in [4.69, 9.17) is 5.10 Å². The molecule has 0 spiro atoms. The van der Waals surface area contributed by atoms with Crippen LogP contribution in [0.1, 0.15) is 24.7 Å². The number of nitrogens with one attached hydrogen (secondary N) is 1. The van der Waals surface area contributed by atoms with Gasteiger partial charge in [0.2, 0.25) is 0 Å². The van der Waals surface area contributed by atoms with Crippen LogP contribution in [0.2, 0.25) is 0 Å². The normalized spacial score (nSPS) is 18.7. The average molecular weight is 265 g/mol. The topological polar surface area (TPSA) is 55.1 Å². The molecule has 1 aromatic carbocycles. The summed E-state index contributed by atoms with van der Waals surface area (Å²) in [5.41, 5.74) is 2.85. The number of rotatable bonds is 2. The van der Waals surface area contributed by atoms with Crippen LogP contribution in [0.15, 0.2) is 42.5 Å². The number of hydrogen-bond donors (Lipinski definition) is 1. The Kier molecular flexibility index (Phi) is 2.70. The number of aromatic nitrogens is 4. The van der Waals surface area contributed by atoms with Gasteiger partial charge in [-0.25, -0.2) is 0 Å². The summed E-state index contributed by atoms with van der Waals surface area (Å²) in [5.74, 6) is 0.912. The molecule has 0 radical (unpaired) electrons. The van der Waals surface area contributed by atoms with Crippen molar-refractivity contribution in [1.82, 2.24) is 25.1 Å². The largest absolute Gasteiger partial charge is 0.307 e. The van der Waals surface area contributed by atoms with Crippen LogP contribution >= 0.6 is 0 Å². The minimum Gasteiger partial charge on any atom is -0.307 e. The van der Waals surface area contributed by atoms with Crippen molar-refractivity contribution in [3.63, 3.8) is 0 Å². The van der Waals surface area contributed by atoms with Crippen LogP contribution in [-0.4, -0.2) is 26.4 Å². The second-order valence-electron chi connectivity index (χ2n) is 5.06. The zero-order valence-electron chi connectivity index (χ0n) is 11.0. The lowest BCUT2D eigenvalue weighted by Crippen LogP contribution is -2.16. The van der Waals surface area contributed by atoms with Crippen LogP contribution in [0, 0.1) is 0 Å². The van der Waals surface area contributed by atoms with Gasteiger partial charge in [0.25, 0.3) is 0 Å². The molecule has 3 heterocycles. The Labute approximate surface area is 116 Å². The first-order valence-corrected chi connectivity index (χ1v) is 6.93. The first kappa shape index (κ1) is 11.5. The Morgan fingerprint density at radius 1 is 1.05 bits per heavy atom. The highest BCUT2D eigenvalue weighted by atomic mass is 15.4. The first-order chi connectivity index (χ1) is 9.92. The third-order valence-corrected chi connectivity index (χ3v) is 3.73. The van der Waals surface area contributed by atoms with Gasteiger partial charge in [0, 0.05) is 5.56 Å². The van der Waals surface area contributed by atoms with Crippen molar-refractivity contribution in [2.75, 3.05) is 6.54 Å². The molecular weight excluding hydrogens is 250 g/mol. The third kappa shape index (κ3) is 1.87. The van der Waals surface area contributed by atoms with Gasteiger partial charge in [-0.05, 0) is 31.5 Å². The summed E-state index contributed by atoms with van der Waals surface area (Å²) in [6.45, 7) is 1.04. The number of fused-ring (bicyclic) bond motifs is 1. The molecule has 0 saturated carbocycles. The number of nitrogens with zero attached hydrogens (tertiary/aromatic N) is 4. The summed E-state index contributed by atoms with van der Waals surface area (Å²) in [5, 5.41) is 16.7. The van der Waals surface area contributed by atoms with Crippen molar-refractivity contribution in [1.29, 1.82) is 0 Å². The molecule has 0 unspecified atom stereocenters. The maximum Gasteiger partial charge on any atom is 0.178 e. The lowest BCUT2D eigenvalue weighted by atomic mass is 10.1. The fourth-order valence-corrected chi connectivity index (χ4v) is 2.69. The van der Waals surface area contributed by atoms with E-state index < -0.39 is 0 Å². The molecular formula is C15H15N5. The molecule has 20 heavy (non-hydrogen) atoms. The highest BCUT2D eigenvalue weighted by Gasteiger charge is 2.22. The highest BCUT2D eigenvalue weighted by molar-refractivity contribution is 5.59. The Morgan fingerprint density at radius 3 is 2.75 bits per heavy atom. The van der Waals surface area contributed by atoms with E-state index >= 15 is 0 Å². The minimum absolute atomic E-state index is 0.267. The summed E-state index contributed by atoms with van der Waals surface area (Å²) < 4.78 is 1.87. The molecule has 3 aromatic rings. The van der Waals surface area contributed by atoms with Gasteiger partial charge >= 0.3 is 0 Å². The smallest absolute Gasteiger partial charge is 0.178 e. The second kappa shape index (κ2) is 4.68. The molecule has 1 aliphatic rings. The minimum atomic E-state index is 0.267. The molecule has 1 N–H and O–H groups in total. The third-order valence-electron chi connectivity index (χ3n) is 3.73. The Morgan fingerprint density at radius 2 is 1.95 bits per heavy atom. The molecule has 2 aromatic heterocycles. The molecule has 100 valence electrons. The van der Waals surface area contributed by atoms with E-state index in [2.05, 4.69) is 27.6 Å². The molecule has 0 aliphatic carbocycles. The second-order valence-corrected chi connectivity index (χ2v) is 5.06. The maximum atomic E-state index is 4.70. The Balaban J connectivity index is 1.83. The molecule has 1 atom stereocenters. The van der Waals surface area contributed by atoms with Gasteiger partial charge < -0.3 is 5.32 Å². The molecule has 1 saturated heterocycles. The molecule has 5 heteroatoms. The average Bonchev–Trinajstić information content (AvgIpc) is 3.16. The number of benzene rings is 1. The van der Waals surface area contributed by atoms with Gasteiger partial charge in [-0.15, -0.1) is 10.2 Å². The predicted octanol–water partition coefficient (Wildman–Crippen LogP) is 2.22. The van der Waals surface area contributed by atoms with Crippen LogP contribution < -0.4 is 5.32 Å². The summed E-state index contributed by atoms with van der Waals surface area (Å²) in [6.07, 6.45) is 2.27. The highest BCUT2D eigenvalue weighted by Crippen LogP contribution is 2.23. The van der Waals surface area contributed by atoms with E-state index in [0.29, 0.717) is 0 Å². The van der Waals surface area contributed by atoms with Crippen molar-refractivity contribution in [2.24, 2.45) is 0 Å². The maximum absolute atomic E-state index is 4.70. The Hall–Kier alpha value is -2.27. The summed E-state index contributed by atoms with van der Waals surface area (Å²) >= 11 is 0. The molecule has 5 nitrogen and oxygen atoms in total. The molecule has 1 aliphatic heterocycles. The quantitative estimate of drug-likeness (QED) is 0.772. The standard InChI is InChI=1S/C15H15N5/c1-2-5-11(6-3-1)12-8-9-14-17-18-15(20(14)19-12)13-7-4-10-16-13/h1-3,5-6,8-9,13,16H,4,7,10H2/t13-/m0/s1. The number of hydrogen-bond acceptors (Lipinski definition) is 4. The van der Waals surface area contributed by atoms with Crippen molar-refractivity contribution < 1.29 is 0 Å².